The number of rotatable bonds is 8. The van der Waals surface area contributed by atoms with Crippen LogP contribution in [-0.4, -0.2) is 45.2 Å². The molecule has 0 spiro atoms. The normalized spacial score (nSPS) is 14.3. The van der Waals surface area contributed by atoms with Gasteiger partial charge >= 0.3 is 18.5 Å². The Morgan fingerprint density at radius 3 is 2.04 bits per heavy atom. The van der Waals surface area contributed by atoms with Crippen molar-refractivity contribution in [2.24, 2.45) is 4.99 Å². The summed E-state index contributed by atoms with van der Waals surface area (Å²) in [5.41, 5.74) is -1.47. The van der Waals surface area contributed by atoms with Crippen molar-refractivity contribution >= 4 is 34.8 Å². The summed E-state index contributed by atoms with van der Waals surface area (Å²) in [7, 11) is 0. The Morgan fingerprint density at radius 1 is 0.840 bits per heavy atom. The van der Waals surface area contributed by atoms with Gasteiger partial charge in [-0.1, -0.05) is 35.4 Å². The van der Waals surface area contributed by atoms with Gasteiger partial charge in [-0.3, -0.25) is 10.1 Å². The fourth-order valence-corrected chi connectivity index (χ4v) is 5.09. The molecule has 18 heteroatoms. The molecule has 1 aromatic heterocycles. The van der Waals surface area contributed by atoms with Crippen LogP contribution in [0, 0.1) is 0 Å². The first-order valence-electron chi connectivity index (χ1n) is 14.9. The molecule has 0 fully saturated rings. The van der Waals surface area contributed by atoms with E-state index in [0.717, 1.165) is 36.8 Å². The third kappa shape index (κ3) is 9.60. The fourth-order valence-electron chi connectivity index (χ4n) is 5.09. The van der Waals surface area contributed by atoms with Crippen LogP contribution in [0.25, 0.3) is 5.57 Å². The molecule has 264 valence electrons. The highest BCUT2D eigenvalue weighted by Crippen LogP contribution is 2.38. The maximum Gasteiger partial charge on any atom is 0.416 e. The van der Waals surface area contributed by atoms with Gasteiger partial charge in [0.2, 0.25) is 5.96 Å². The lowest BCUT2D eigenvalue weighted by Gasteiger charge is -2.28. The van der Waals surface area contributed by atoms with Crippen LogP contribution in [0.2, 0.25) is 0 Å². The van der Waals surface area contributed by atoms with Crippen molar-refractivity contribution in [3.63, 3.8) is 0 Å². The van der Waals surface area contributed by atoms with Gasteiger partial charge in [0.05, 0.1) is 17.7 Å². The molecule has 9 nitrogen and oxygen atoms in total. The molecule has 0 saturated heterocycles. The van der Waals surface area contributed by atoms with Crippen molar-refractivity contribution in [2.75, 3.05) is 22.1 Å². The molecule has 0 atom stereocenters. The van der Waals surface area contributed by atoms with Crippen LogP contribution in [0.1, 0.15) is 58.3 Å². The first kappa shape index (κ1) is 35.9. The predicted molar refractivity (Wildman–Crippen MR) is 166 cm³/mol. The minimum absolute atomic E-state index is 0.0927. The van der Waals surface area contributed by atoms with E-state index in [4.69, 9.17) is 0 Å². The lowest BCUT2D eigenvalue weighted by molar-refractivity contribution is -0.143. The SMILES string of the molecule is O=C(Nc1nn[nH]n1)c1ccc(CN(/C(=N\CC(F)(F)F)Nc2cc(C(F)(F)F)cc(C(F)(F)F)c2)c2ccc(C3=CCCCC3)cc2)cc1. The Hall–Kier alpha value is -5.42. The van der Waals surface area contributed by atoms with Gasteiger partial charge in [-0.25, -0.2) is 4.99 Å². The number of carbonyl (C=O) groups excluding carboxylic acids is 1. The topological polar surface area (TPSA) is 111 Å². The van der Waals surface area contributed by atoms with E-state index in [1.165, 1.54) is 29.2 Å². The standard InChI is InChI=1S/C32H27F9N8O/c33-30(34,35)18-42-29(43-25-15-23(31(36,37)38)14-24(16-25)32(39,40)41)49(26-12-10-21(11-13-26)20-4-2-1-3-5-20)17-19-6-8-22(9-7-19)27(50)44-28-45-47-48-46-28/h4,6-16H,1-3,5,17-18H2,(H,42,43)(H2,44,45,46,47,48,50). The fraction of sp³-hybridized carbons (Fsp3) is 0.281. The number of anilines is 3. The molecule has 1 heterocycles. The summed E-state index contributed by atoms with van der Waals surface area (Å²) < 4.78 is 122. The van der Waals surface area contributed by atoms with Gasteiger partial charge in [0, 0.05) is 16.9 Å². The smallest absolute Gasteiger partial charge is 0.326 e. The molecule has 1 aliphatic carbocycles. The number of aromatic amines is 1. The highest BCUT2D eigenvalue weighted by Gasteiger charge is 2.37. The lowest BCUT2D eigenvalue weighted by atomic mass is 9.93. The zero-order valence-electron chi connectivity index (χ0n) is 25.7. The molecule has 50 heavy (non-hydrogen) atoms. The molecule has 0 aliphatic heterocycles. The molecular weight excluding hydrogens is 683 g/mol. The highest BCUT2D eigenvalue weighted by molar-refractivity contribution is 6.06. The second-order valence-corrected chi connectivity index (χ2v) is 11.2. The van der Waals surface area contributed by atoms with E-state index < -0.39 is 53.8 Å². The van der Waals surface area contributed by atoms with Gasteiger partial charge in [0.15, 0.2) is 0 Å². The zero-order valence-corrected chi connectivity index (χ0v) is 25.7. The van der Waals surface area contributed by atoms with Crippen LogP contribution in [-0.2, 0) is 18.9 Å². The van der Waals surface area contributed by atoms with Gasteiger partial charge < -0.3 is 10.2 Å². The first-order chi connectivity index (χ1) is 23.5. The Balaban J connectivity index is 1.55. The molecule has 0 bridgehead atoms. The quantitative estimate of drug-likeness (QED) is 0.0962. The molecule has 5 rings (SSSR count). The number of alkyl halides is 9. The molecule has 3 aromatic carbocycles. The number of tetrazole rings is 1. The minimum atomic E-state index is -5.21. The van der Waals surface area contributed by atoms with Gasteiger partial charge in [0.1, 0.15) is 6.54 Å². The Labute approximate surface area is 278 Å². The van der Waals surface area contributed by atoms with Gasteiger partial charge in [-0.2, -0.15) is 44.7 Å². The largest absolute Gasteiger partial charge is 0.416 e. The van der Waals surface area contributed by atoms with Crippen molar-refractivity contribution in [1.29, 1.82) is 0 Å². The van der Waals surface area contributed by atoms with Gasteiger partial charge in [-0.15, -0.1) is 5.10 Å². The van der Waals surface area contributed by atoms with E-state index in [0.29, 0.717) is 17.7 Å². The Kier molecular flexibility index (Phi) is 10.5. The molecule has 1 amide bonds. The van der Waals surface area contributed by atoms with Crippen molar-refractivity contribution in [1.82, 2.24) is 20.6 Å². The van der Waals surface area contributed by atoms with Gasteiger partial charge in [-0.05, 0) is 90.1 Å². The molecule has 0 radical (unpaired) electrons. The van der Waals surface area contributed by atoms with E-state index in [9.17, 15) is 44.3 Å². The van der Waals surface area contributed by atoms with Crippen molar-refractivity contribution < 1.29 is 44.3 Å². The summed E-state index contributed by atoms with van der Waals surface area (Å²) in [4.78, 5) is 17.4. The van der Waals surface area contributed by atoms with Crippen LogP contribution in [0.4, 0.5) is 56.8 Å². The maximum absolute atomic E-state index is 13.6. The van der Waals surface area contributed by atoms with Crippen LogP contribution < -0.4 is 15.5 Å². The molecular formula is C32H27F9N8O. The number of allylic oxidation sites excluding steroid dienone is 2. The molecule has 0 saturated carbocycles. The summed E-state index contributed by atoms with van der Waals surface area (Å²) in [5.74, 6) is -1.39. The number of H-pyrrole nitrogens is 1. The lowest BCUT2D eigenvalue weighted by Crippen LogP contribution is -2.37. The third-order valence-electron chi connectivity index (χ3n) is 7.48. The third-order valence-corrected chi connectivity index (χ3v) is 7.48. The number of aromatic nitrogens is 4. The molecule has 4 aromatic rings. The summed E-state index contributed by atoms with van der Waals surface area (Å²) in [6, 6.07) is 12.9. The average Bonchev–Trinajstić information content (AvgIpc) is 3.58. The van der Waals surface area contributed by atoms with Crippen LogP contribution >= 0.6 is 0 Å². The van der Waals surface area contributed by atoms with Crippen LogP contribution in [0.15, 0.2) is 77.8 Å². The Morgan fingerprint density at radius 2 is 1.50 bits per heavy atom. The zero-order chi connectivity index (χ0) is 36.1. The number of guanidine groups is 1. The van der Waals surface area contributed by atoms with E-state index in [2.05, 4.69) is 42.3 Å². The summed E-state index contributed by atoms with van der Waals surface area (Å²) in [6.07, 6.45) is -9.52. The first-order valence-corrected chi connectivity index (χ1v) is 14.9. The van der Waals surface area contributed by atoms with Crippen LogP contribution in [0.5, 0.6) is 0 Å². The number of nitrogens with one attached hydrogen (secondary N) is 3. The Bertz CT molecular complexity index is 1800. The summed E-state index contributed by atoms with van der Waals surface area (Å²) in [5, 5.41) is 17.4. The number of nitrogens with zero attached hydrogens (tertiary/aromatic N) is 5. The molecule has 3 N–H and O–H groups in total. The second kappa shape index (κ2) is 14.6. The number of aliphatic imine (C=N–C) groups is 1. The number of hydrogen-bond acceptors (Lipinski definition) is 5. The predicted octanol–water partition coefficient (Wildman–Crippen LogP) is 8.48. The van der Waals surface area contributed by atoms with E-state index in [-0.39, 0.29) is 29.8 Å². The van der Waals surface area contributed by atoms with Gasteiger partial charge in [0.25, 0.3) is 11.9 Å². The monoisotopic (exact) mass is 710 g/mol. The van der Waals surface area contributed by atoms with Crippen molar-refractivity contribution in [2.45, 2.75) is 50.8 Å². The number of benzene rings is 3. The number of carbonyl (C=O) groups is 1. The molecule has 1 aliphatic rings. The second-order valence-electron chi connectivity index (χ2n) is 11.2. The average molecular weight is 711 g/mol. The van der Waals surface area contributed by atoms with E-state index in [1.807, 2.05) is 0 Å². The summed E-state index contributed by atoms with van der Waals surface area (Å²) in [6.45, 7) is -2.08. The van der Waals surface area contributed by atoms with Crippen molar-refractivity contribution in [3.8, 4) is 0 Å². The minimum Gasteiger partial charge on any atom is -0.326 e. The summed E-state index contributed by atoms with van der Waals surface area (Å²) >= 11 is 0. The number of hydrogen-bond donors (Lipinski definition) is 3. The maximum atomic E-state index is 13.6. The van der Waals surface area contributed by atoms with E-state index in [1.54, 1.807) is 24.3 Å². The highest BCUT2D eigenvalue weighted by atomic mass is 19.4. The van der Waals surface area contributed by atoms with E-state index >= 15 is 0 Å². The van der Waals surface area contributed by atoms with Crippen LogP contribution in [0.3, 0.4) is 0 Å². The van der Waals surface area contributed by atoms with Crippen molar-refractivity contribution in [3.05, 3.63) is 101 Å². The molecule has 0 unspecified atom stereocenters. The number of amides is 1. The number of halogens is 9.